The normalized spacial score (nSPS) is 12.1. The van der Waals surface area contributed by atoms with Gasteiger partial charge >= 0.3 is 11.9 Å². The number of anilines is 1. The first-order chi connectivity index (χ1) is 8.89. The van der Waals surface area contributed by atoms with Gasteiger partial charge in [-0.05, 0) is 41.5 Å². The van der Waals surface area contributed by atoms with E-state index in [1.807, 2.05) is 0 Å². The minimum atomic E-state index is -0.730. The monoisotopic (exact) mass is 283 g/mol. The van der Waals surface area contributed by atoms with Crippen molar-refractivity contribution in [2.24, 2.45) is 0 Å². The summed E-state index contributed by atoms with van der Waals surface area (Å²) in [6.45, 7) is 10.3. The van der Waals surface area contributed by atoms with Crippen LogP contribution in [0.5, 0.6) is 0 Å². The summed E-state index contributed by atoms with van der Waals surface area (Å²) in [6.07, 6.45) is 0. The van der Waals surface area contributed by atoms with Gasteiger partial charge in [0.25, 0.3) is 0 Å². The second-order valence-electron chi connectivity index (χ2n) is 6.35. The number of H-pyrrole nitrogens is 1. The van der Waals surface area contributed by atoms with Crippen molar-refractivity contribution in [2.45, 2.75) is 52.7 Å². The lowest BCUT2D eigenvalue weighted by molar-refractivity contribution is 0.00115. The van der Waals surface area contributed by atoms with Crippen molar-refractivity contribution in [3.05, 3.63) is 11.4 Å². The summed E-state index contributed by atoms with van der Waals surface area (Å²) < 4.78 is 10.4. The van der Waals surface area contributed by atoms with Crippen molar-refractivity contribution in [1.29, 1.82) is 0 Å². The number of nitrogen functional groups attached to an aromatic ring is 1. The minimum absolute atomic E-state index is 0.0493. The molecule has 3 N–H and O–H groups in total. The van der Waals surface area contributed by atoms with Gasteiger partial charge in [0.05, 0.1) is 0 Å². The van der Waals surface area contributed by atoms with E-state index in [1.54, 1.807) is 41.5 Å². The fraction of sp³-hybridized carbons (Fsp3) is 0.615. The first-order valence-electron chi connectivity index (χ1n) is 6.21. The molecule has 0 aliphatic heterocycles. The number of nitrogens with one attached hydrogen (secondary N) is 1. The fourth-order valence-electron chi connectivity index (χ4n) is 1.34. The zero-order valence-electron chi connectivity index (χ0n) is 12.7. The molecule has 0 bridgehead atoms. The highest BCUT2D eigenvalue weighted by atomic mass is 16.6. The first kappa shape index (κ1) is 16.0. The van der Waals surface area contributed by atoms with Gasteiger partial charge in [-0.25, -0.2) is 14.6 Å². The molecule has 0 aliphatic carbocycles. The number of esters is 2. The Hall–Kier alpha value is -2.05. The lowest BCUT2D eigenvalue weighted by Crippen LogP contribution is -2.28. The SMILES string of the molecule is CC(C)(C)OC(=O)c1nc(N)[nH]c1C(=O)OC(C)(C)C. The molecule has 0 radical (unpaired) electrons. The molecule has 1 aromatic heterocycles. The summed E-state index contributed by atoms with van der Waals surface area (Å²) in [5, 5.41) is 0. The van der Waals surface area contributed by atoms with E-state index in [-0.39, 0.29) is 17.3 Å². The van der Waals surface area contributed by atoms with Crippen molar-refractivity contribution >= 4 is 17.9 Å². The number of rotatable bonds is 2. The molecular formula is C13H21N3O4. The molecule has 20 heavy (non-hydrogen) atoms. The van der Waals surface area contributed by atoms with Crippen LogP contribution < -0.4 is 5.73 Å². The standard InChI is InChI=1S/C13H21N3O4/c1-12(2,3)19-9(17)7-8(16-11(14)15-7)10(18)20-13(4,5)6/h1-6H3,(H3,14,15,16). The van der Waals surface area contributed by atoms with E-state index in [4.69, 9.17) is 15.2 Å². The molecular weight excluding hydrogens is 262 g/mol. The van der Waals surface area contributed by atoms with Gasteiger partial charge in [-0.15, -0.1) is 0 Å². The van der Waals surface area contributed by atoms with E-state index in [1.165, 1.54) is 0 Å². The van der Waals surface area contributed by atoms with Gasteiger partial charge in [0.1, 0.15) is 11.2 Å². The molecule has 1 heterocycles. The average Bonchev–Trinajstić information content (AvgIpc) is 2.55. The van der Waals surface area contributed by atoms with Crippen LogP contribution in [0.3, 0.4) is 0 Å². The quantitative estimate of drug-likeness (QED) is 0.803. The summed E-state index contributed by atoms with van der Waals surface area (Å²) in [4.78, 5) is 30.3. The van der Waals surface area contributed by atoms with Crippen LogP contribution in [0, 0.1) is 0 Å². The molecule has 112 valence electrons. The zero-order chi connectivity index (χ0) is 15.7. The number of aromatic amines is 1. The third-order valence-electron chi connectivity index (χ3n) is 1.92. The smallest absolute Gasteiger partial charge is 0.360 e. The predicted molar refractivity (Wildman–Crippen MR) is 73.3 cm³/mol. The highest BCUT2D eigenvalue weighted by Crippen LogP contribution is 2.18. The Morgan fingerprint density at radius 1 is 1.00 bits per heavy atom. The fourth-order valence-corrected chi connectivity index (χ4v) is 1.34. The number of nitrogens with two attached hydrogens (primary N) is 1. The lowest BCUT2D eigenvalue weighted by Gasteiger charge is -2.20. The molecule has 0 spiro atoms. The molecule has 0 saturated carbocycles. The van der Waals surface area contributed by atoms with Gasteiger partial charge in [-0.3, -0.25) is 0 Å². The summed E-state index contributed by atoms with van der Waals surface area (Å²) in [5.74, 6) is -1.49. The number of hydrogen-bond donors (Lipinski definition) is 2. The molecule has 1 aromatic rings. The molecule has 0 saturated heterocycles. The number of imidazole rings is 1. The van der Waals surface area contributed by atoms with E-state index in [0.717, 1.165) is 0 Å². The van der Waals surface area contributed by atoms with Crippen molar-refractivity contribution in [3.63, 3.8) is 0 Å². The topological polar surface area (TPSA) is 107 Å². The molecule has 0 atom stereocenters. The number of aromatic nitrogens is 2. The van der Waals surface area contributed by atoms with E-state index in [2.05, 4.69) is 9.97 Å². The number of nitrogens with zero attached hydrogens (tertiary/aromatic N) is 1. The molecule has 0 aromatic carbocycles. The van der Waals surface area contributed by atoms with Crippen LogP contribution in [0.25, 0.3) is 0 Å². The Kier molecular flexibility index (Phi) is 4.12. The van der Waals surface area contributed by atoms with E-state index >= 15 is 0 Å². The zero-order valence-corrected chi connectivity index (χ0v) is 12.7. The molecule has 0 fully saturated rings. The molecule has 0 unspecified atom stereocenters. The van der Waals surface area contributed by atoms with Crippen molar-refractivity contribution in [1.82, 2.24) is 9.97 Å². The Morgan fingerprint density at radius 3 is 1.90 bits per heavy atom. The maximum absolute atomic E-state index is 12.0. The summed E-state index contributed by atoms with van der Waals surface area (Å²) in [5.41, 5.74) is 3.83. The van der Waals surface area contributed by atoms with Crippen LogP contribution in [-0.2, 0) is 9.47 Å². The van der Waals surface area contributed by atoms with Gasteiger partial charge in [0.2, 0.25) is 0 Å². The van der Waals surface area contributed by atoms with Gasteiger partial charge < -0.3 is 20.2 Å². The third kappa shape index (κ3) is 4.56. The Morgan fingerprint density at radius 2 is 1.45 bits per heavy atom. The third-order valence-corrected chi connectivity index (χ3v) is 1.92. The van der Waals surface area contributed by atoms with Crippen LogP contribution in [0.4, 0.5) is 5.95 Å². The second-order valence-corrected chi connectivity index (χ2v) is 6.35. The van der Waals surface area contributed by atoms with Crippen molar-refractivity contribution < 1.29 is 19.1 Å². The summed E-state index contributed by atoms with van der Waals surface area (Å²) >= 11 is 0. The maximum Gasteiger partial charge on any atom is 0.360 e. The first-order valence-corrected chi connectivity index (χ1v) is 6.21. The van der Waals surface area contributed by atoms with E-state index < -0.39 is 23.1 Å². The highest BCUT2D eigenvalue weighted by molar-refractivity contribution is 6.01. The number of ether oxygens (including phenoxy) is 2. The molecule has 0 aliphatic rings. The van der Waals surface area contributed by atoms with Crippen LogP contribution in [0.1, 0.15) is 62.5 Å². The molecule has 1 rings (SSSR count). The van der Waals surface area contributed by atoms with Crippen molar-refractivity contribution in [3.8, 4) is 0 Å². The van der Waals surface area contributed by atoms with Gasteiger partial charge in [-0.1, -0.05) is 0 Å². The predicted octanol–water partition coefficient (Wildman–Crippen LogP) is 1.90. The van der Waals surface area contributed by atoms with Gasteiger partial charge in [0.15, 0.2) is 17.3 Å². The van der Waals surface area contributed by atoms with Crippen LogP contribution in [0.2, 0.25) is 0 Å². The number of carbonyl (C=O) groups is 2. The van der Waals surface area contributed by atoms with Gasteiger partial charge in [-0.2, -0.15) is 0 Å². The molecule has 0 amide bonds. The van der Waals surface area contributed by atoms with Crippen molar-refractivity contribution in [2.75, 3.05) is 5.73 Å². The van der Waals surface area contributed by atoms with Crippen LogP contribution in [0.15, 0.2) is 0 Å². The Bertz CT molecular complexity index is 475. The van der Waals surface area contributed by atoms with Gasteiger partial charge in [0, 0.05) is 0 Å². The molecule has 7 heteroatoms. The second kappa shape index (κ2) is 5.15. The Balaban J connectivity index is 3.05. The number of hydrogen-bond acceptors (Lipinski definition) is 6. The summed E-state index contributed by atoms with van der Waals surface area (Å²) in [7, 11) is 0. The summed E-state index contributed by atoms with van der Waals surface area (Å²) in [6, 6.07) is 0. The highest BCUT2D eigenvalue weighted by Gasteiger charge is 2.29. The average molecular weight is 283 g/mol. The largest absolute Gasteiger partial charge is 0.455 e. The number of carbonyl (C=O) groups excluding carboxylic acids is 2. The van der Waals surface area contributed by atoms with E-state index in [0.29, 0.717) is 0 Å². The molecule has 7 nitrogen and oxygen atoms in total. The van der Waals surface area contributed by atoms with Crippen LogP contribution in [-0.4, -0.2) is 33.1 Å². The van der Waals surface area contributed by atoms with E-state index in [9.17, 15) is 9.59 Å². The lowest BCUT2D eigenvalue weighted by atomic mass is 10.2. The Labute approximate surface area is 117 Å². The maximum atomic E-state index is 12.0. The minimum Gasteiger partial charge on any atom is -0.455 e. The van der Waals surface area contributed by atoms with Crippen LogP contribution >= 0.6 is 0 Å².